The molecule has 1 atom stereocenters. The highest BCUT2D eigenvalue weighted by molar-refractivity contribution is 5.74. The van der Waals surface area contributed by atoms with Crippen LogP contribution in [0.5, 0.6) is 5.75 Å². The maximum atomic E-state index is 13.7. The minimum atomic E-state index is -0.415. The molecule has 2 amide bonds. The first-order valence-corrected chi connectivity index (χ1v) is 6.29. The number of carbonyl (C=O) groups excluding carboxylic acids is 1. The fourth-order valence-electron chi connectivity index (χ4n) is 2.10. The van der Waals surface area contributed by atoms with Crippen LogP contribution in [0.4, 0.5) is 9.18 Å². The van der Waals surface area contributed by atoms with Crippen molar-refractivity contribution in [2.75, 3.05) is 19.8 Å². The lowest BCUT2D eigenvalue weighted by atomic mass is 10.0. The first kappa shape index (κ1) is 13.6. The molecule has 1 aliphatic heterocycles. The number of ether oxygens (including phenoxy) is 1. The Labute approximate surface area is 110 Å². The van der Waals surface area contributed by atoms with Gasteiger partial charge in [0, 0.05) is 12.1 Å². The quantitative estimate of drug-likeness (QED) is 0.774. The number of halogens is 1. The van der Waals surface area contributed by atoms with Crippen LogP contribution in [0.3, 0.4) is 0 Å². The Balaban J connectivity index is 2.13. The number of amides is 2. The number of fused-ring (bicyclic) bond motifs is 1. The van der Waals surface area contributed by atoms with Gasteiger partial charge in [-0.05, 0) is 18.9 Å². The summed E-state index contributed by atoms with van der Waals surface area (Å²) in [5.41, 5.74) is 0.650. The number of urea groups is 1. The van der Waals surface area contributed by atoms with Gasteiger partial charge < -0.3 is 20.5 Å². The third-order valence-corrected chi connectivity index (χ3v) is 2.96. The van der Waals surface area contributed by atoms with Crippen molar-refractivity contribution in [3.05, 3.63) is 29.6 Å². The number of hydrogen-bond donors (Lipinski definition) is 3. The number of rotatable bonds is 3. The number of hydrogen-bond acceptors (Lipinski definition) is 3. The molecule has 3 N–H and O–H groups in total. The maximum Gasteiger partial charge on any atom is 0.315 e. The van der Waals surface area contributed by atoms with E-state index in [0.29, 0.717) is 18.6 Å². The van der Waals surface area contributed by atoms with Gasteiger partial charge in [0.15, 0.2) is 11.6 Å². The predicted octanol–water partition coefficient (Wildman–Crippen LogP) is 1.33. The molecule has 5 nitrogen and oxygen atoms in total. The predicted molar refractivity (Wildman–Crippen MR) is 67.5 cm³/mol. The first-order chi connectivity index (χ1) is 9.22. The molecule has 104 valence electrons. The monoisotopic (exact) mass is 268 g/mol. The SMILES string of the molecule is O=C(NCCO)NC1CCCOc2c(F)cccc21. The first-order valence-electron chi connectivity index (χ1n) is 6.29. The summed E-state index contributed by atoms with van der Waals surface area (Å²) in [5.74, 6) is -0.200. The van der Waals surface area contributed by atoms with Crippen molar-refractivity contribution in [3.63, 3.8) is 0 Å². The fourth-order valence-corrected chi connectivity index (χ4v) is 2.10. The number of aliphatic hydroxyl groups is 1. The van der Waals surface area contributed by atoms with E-state index in [0.717, 1.165) is 6.42 Å². The largest absolute Gasteiger partial charge is 0.490 e. The van der Waals surface area contributed by atoms with Gasteiger partial charge in [0.25, 0.3) is 0 Å². The zero-order valence-electron chi connectivity index (χ0n) is 10.5. The number of benzene rings is 1. The molecule has 1 aromatic carbocycles. The molecule has 0 aliphatic carbocycles. The Morgan fingerprint density at radius 2 is 2.37 bits per heavy atom. The van der Waals surface area contributed by atoms with E-state index < -0.39 is 5.82 Å². The van der Waals surface area contributed by atoms with Crippen LogP contribution < -0.4 is 15.4 Å². The Morgan fingerprint density at radius 1 is 1.53 bits per heavy atom. The Kier molecular flexibility index (Phi) is 4.57. The van der Waals surface area contributed by atoms with Crippen molar-refractivity contribution in [1.82, 2.24) is 10.6 Å². The van der Waals surface area contributed by atoms with E-state index in [1.165, 1.54) is 6.07 Å². The van der Waals surface area contributed by atoms with Gasteiger partial charge in [-0.3, -0.25) is 0 Å². The van der Waals surface area contributed by atoms with Crippen LogP contribution in [0.1, 0.15) is 24.4 Å². The van der Waals surface area contributed by atoms with Crippen molar-refractivity contribution in [2.24, 2.45) is 0 Å². The molecular formula is C13H17FN2O3. The molecular weight excluding hydrogens is 251 g/mol. The van der Waals surface area contributed by atoms with E-state index >= 15 is 0 Å². The topological polar surface area (TPSA) is 70.6 Å². The van der Waals surface area contributed by atoms with Crippen LogP contribution in [0.15, 0.2) is 18.2 Å². The van der Waals surface area contributed by atoms with Crippen LogP contribution in [-0.4, -0.2) is 30.9 Å². The van der Waals surface area contributed by atoms with Gasteiger partial charge in [0.2, 0.25) is 0 Å². The highest BCUT2D eigenvalue weighted by Gasteiger charge is 2.23. The van der Waals surface area contributed by atoms with E-state index in [2.05, 4.69) is 10.6 Å². The molecule has 0 fully saturated rings. The second kappa shape index (κ2) is 6.38. The summed E-state index contributed by atoms with van der Waals surface area (Å²) in [4.78, 5) is 11.6. The average molecular weight is 268 g/mol. The summed E-state index contributed by atoms with van der Waals surface area (Å²) in [6, 6.07) is 4.03. The van der Waals surface area contributed by atoms with Gasteiger partial charge in [-0.25, -0.2) is 9.18 Å². The van der Waals surface area contributed by atoms with Crippen LogP contribution in [0, 0.1) is 5.82 Å². The average Bonchev–Trinajstić information content (AvgIpc) is 2.60. The van der Waals surface area contributed by atoms with Crippen LogP contribution in [0.2, 0.25) is 0 Å². The highest BCUT2D eigenvalue weighted by Crippen LogP contribution is 2.33. The van der Waals surface area contributed by atoms with E-state index in [1.54, 1.807) is 12.1 Å². The van der Waals surface area contributed by atoms with E-state index in [1.807, 2.05) is 0 Å². The van der Waals surface area contributed by atoms with E-state index in [-0.39, 0.29) is 31.0 Å². The molecule has 1 heterocycles. The molecule has 19 heavy (non-hydrogen) atoms. The summed E-state index contributed by atoms with van der Waals surface area (Å²) in [7, 11) is 0. The molecule has 1 aliphatic rings. The number of aliphatic hydroxyl groups excluding tert-OH is 1. The lowest BCUT2D eigenvalue weighted by molar-refractivity contribution is 0.230. The second-order valence-corrected chi connectivity index (χ2v) is 4.33. The van der Waals surface area contributed by atoms with Crippen LogP contribution in [-0.2, 0) is 0 Å². The van der Waals surface area contributed by atoms with Crippen molar-refractivity contribution in [2.45, 2.75) is 18.9 Å². The Bertz CT molecular complexity index is 454. The molecule has 0 aromatic heterocycles. The number of carbonyl (C=O) groups is 1. The summed E-state index contributed by atoms with van der Waals surface area (Å²) in [6.45, 7) is 0.502. The minimum Gasteiger partial charge on any atom is -0.490 e. The molecule has 0 saturated heterocycles. The standard InChI is InChI=1S/C13H17FN2O3/c14-10-4-1-3-9-11(5-2-8-19-12(9)10)16-13(18)15-6-7-17/h1,3-4,11,17H,2,5-8H2,(H2,15,16,18). The smallest absolute Gasteiger partial charge is 0.315 e. The zero-order valence-corrected chi connectivity index (χ0v) is 10.5. The van der Waals surface area contributed by atoms with E-state index in [9.17, 15) is 9.18 Å². The Hall–Kier alpha value is -1.82. The maximum absolute atomic E-state index is 13.7. The molecule has 0 spiro atoms. The minimum absolute atomic E-state index is 0.119. The number of para-hydroxylation sites is 1. The van der Waals surface area contributed by atoms with Gasteiger partial charge in [0.1, 0.15) is 0 Å². The van der Waals surface area contributed by atoms with Crippen molar-refractivity contribution < 1.29 is 19.0 Å². The molecule has 6 heteroatoms. The molecule has 0 saturated carbocycles. The van der Waals surface area contributed by atoms with Gasteiger partial charge in [-0.15, -0.1) is 0 Å². The molecule has 1 aromatic rings. The third kappa shape index (κ3) is 3.35. The van der Waals surface area contributed by atoms with Crippen LogP contribution >= 0.6 is 0 Å². The lowest BCUT2D eigenvalue weighted by Gasteiger charge is -2.18. The lowest BCUT2D eigenvalue weighted by Crippen LogP contribution is -2.39. The van der Waals surface area contributed by atoms with Gasteiger partial charge >= 0.3 is 6.03 Å². The van der Waals surface area contributed by atoms with Crippen molar-refractivity contribution in [3.8, 4) is 5.75 Å². The van der Waals surface area contributed by atoms with Crippen molar-refractivity contribution in [1.29, 1.82) is 0 Å². The highest BCUT2D eigenvalue weighted by atomic mass is 19.1. The van der Waals surface area contributed by atoms with Gasteiger partial charge in [-0.1, -0.05) is 12.1 Å². The van der Waals surface area contributed by atoms with Gasteiger partial charge in [0.05, 0.1) is 19.3 Å². The summed E-state index contributed by atoms with van der Waals surface area (Å²) in [5, 5.41) is 13.9. The summed E-state index contributed by atoms with van der Waals surface area (Å²) < 4.78 is 19.1. The fraction of sp³-hybridized carbons (Fsp3) is 0.462. The Morgan fingerprint density at radius 3 is 3.16 bits per heavy atom. The van der Waals surface area contributed by atoms with Crippen molar-refractivity contribution >= 4 is 6.03 Å². The normalized spacial score (nSPS) is 17.9. The second-order valence-electron chi connectivity index (χ2n) is 4.33. The molecule has 0 radical (unpaired) electrons. The molecule has 1 unspecified atom stereocenters. The molecule has 0 bridgehead atoms. The van der Waals surface area contributed by atoms with Crippen LogP contribution in [0.25, 0.3) is 0 Å². The summed E-state index contributed by atoms with van der Waals surface area (Å²) in [6.07, 6.45) is 1.42. The van der Waals surface area contributed by atoms with Gasteiger partial charge in [-0.2, -0.15) is 0 Å². The van der Waals surface area contributed by atoms with E-state index in [4.69, 9.17) is 9.84 Å². The zero-order chi connectivity index (χ0) is 13.7. The molecule has 2 rings (SSSR count). The summed E-state index contributed by atoms with van der Waals surface area (Å²) >= 11 is 0. The number of nitrogens with one attached hydrogen (secondary N) is 2. The third-order valence-electron chi connectivity index (χ3n) is 2.96.